The van der Waals surface area contributed by atoms with E-state index in [9.17, 15) is 9.59 Å². The topological polar surface area (TPSA) is 120 Å². The summed E-state index contributed by atoms with van der Waals surface area (Å²) in [6.45, 7) is 0. The molecular weight excluding hydrogens is 372 g/mol. The van der Waals surface area contributed by atoms with Crippen LogP contribution in [0.3, 0.4) is 0 Å². The first-order valence-electron chi connectivity index (χ1n) is 7.85. The third-order valence-electron chi connectivity index (χ3n) is 3.47. The minimum atomic E-state index is -0.470. The summed E-state index contributed by atoms with van der Waals surface area (Å²) in [4.78, 5) is 34.2. The monoisotopic (exact) mass is 388 g/mol. The van der Waals surface area contributed by atoms with Crippen molar-refractivity contribution in [3.05, 3.63) is 52.3 Å². The Hall–Kier alpha value is -3.14. The molecule has 0 fully saturated rings. The Morgan fingerprint density at radius 3 is 2.85 bits per heavy atom. The summed E-state index contributed by atoms with van der Waals surface area (Å²) < 4.78 is 15.1. The number of nitrogens with zero attached hydrogens (tertiary/aromatic N) is 3. The number of carbonyl (C=O) groups is 1. The van der Waals surface area contributed by atoms with Crippen LogP contribution in [0.2, 0.25) is 0 Å². The van der Waals surface area contributed by atoms with Gasteiger partial charge in [-0.05, 0) is 12.1 Å². The van der Waals surface area contributed by atoms with Crippen LogP contribution < -0.4 is 10.3 Å². The molecule has 0 aliphatic carbocycles. The van der Waals surface area contributed by atoms with Crippen molar-refractivity contribution >= 4 is 17.7 Å². The highest BCUT2D eigenvalue weighted by Gasteiger charge is 2.14. The summed E-state index contributed by atoms with van der Waals surface area (Å²) in [5.74, 6) is 1.24. The molecule has 0 saturated carbocycles. The van der Waals surface area contributed by atoms with Gasteiger partial charge >= 0.3 is 5.97 Å². The van der Waals surface area contributed by atoms with Gasteiger partial charge in [0, 0.05) is 6.07 Å². The summed E-state index contributed by atoms with van der Waals surface area (Å²) in [6.07, 6.45) is -0.0769. The van der Waals surface area contributed by atoms with Crippen LogP contribution in [0.1, 0.15) is 11.6 Å². The van der Waals surface area contributed by atoms with E-state index in [0.29, 0.717) is 39.6 Å². The number of carbonyl (C=O) groups excluding carboxylic acids is 1. The lowest BCUT2D eigenvalue weighted by molar-refractivity contribution is -0.139. The van der Waals surface area contributed by atoms with E-state index in [4.69, 9.17) is 9.26 Å². The summed E-state index contributed by atoms with van der Waals surface area (Å²) >= 11 is 1.21. The van der Waals surface area contributed by atoms with Crippen LogP contribution in [-0.4, -0.2) is 40.3 Å². The number of hydrogen-bond donors (Lipinski definition) is 1. The zero-order valence-electron chi connectivity index (χ0n) is 14.6. The van der Waals surface area contributed by atoms with Crippen LogP contribution in [0.4, 0.5) is 0 Å². The number of methoxy groups -OCH3 is 2. The molecule has 3 rings (SSSR count). The molecule has 0 radical (unpaired) electrons. The number of esters is 1. The molecule has 0 aliphatic heterocycles. The smallest absolute Gasteiger partial charge is 0.311 e. The first-order chi connectivity index (χ1) is 13.1. The Bertz CT molecular complexity index is 1000. The maximum atomic E-state index is 11.7. The third-order valence-corrected chi connectivity index (χ3v) is 4.33. The van der Waals surface area contributed by atoms with Gasteiger partial charge in [0.25, 0.3) is 5.56 Å². The van der Waals surface area contributed by atoms with E-state index in [1.165, 1.54) is 24.9 Å². The molecule has 3 aromatic rings. The lowest BCUT2D eigenvalue weighted by Gasteiger charge is -2.03. The van der Waals surface area contributed by atoms with Crippen molar-refractivity contribution in [1.29, 1.82) is 0 Å². The normalized spacial score (nSPS) is 10.6. The zero-order chi connectivity index (χ0) is 19.2. The number of rotatable bonds is 7. The molecule has 0 aliphatic rings. The molecule has 140 valence electrons. The molecule has 0 atom stereocenters. The van der Waals surface area contributed by atoms with Gasteiger partial charge in [-0.3, -0.25) is 9.59 Å². The van der Waals surface area contributed by atoms with Gasteiger partial charge in [0.15, 0.2) is 5.16 Å². The van der Waals surface area contributed by atoms with E-state index in [1.807, 2.05) is 24.3 Å². The molecule has 9 nitrogen and oxygen atoms in total. The van der Waals surface area contributed by atoms with Crippen LogP contribution in [0, 0.1) is 0 Å². The van der Waals surface area contributed by atoms with Gasteiger partial charge in [-0.2, -0.15) is 4.98 Å². The average Bonchev–Trinajstić information content (AvgIpc) is 3.14. The summed E-state index contributed by atoms with van der Waals surface area (Å²) in [5.41, 5.74) is 0.687. The van der Waals surface area contributed by atoms with Gasteiger partial charge in [0.1, 0.15) is 5.75 Å². The molecule has 2 aromatic heterocycles. The minimum Gasteiger partial charge on any atom is -0.496 e. The predicted octanol–water partition coefficient (Wildman–Crippen LogP) is 1.84. The molecule has 2 heterocycles. The fourth-order valence-electron chi connectivity index (χ4n) is 2.24. The zero-order valence-corrected chi connectivity index (χ0v) is 15.4. The van der Waals surface area contributed by atoms with Crippen molar-refractivity contribution in [2.24, 2.45) is 0 Å². The van der Waals surface area contributed by atoms with E-state index in [-0.39, 0.29) is 12.0 Å². The number of nitrogens with one attached hydrogen (secondary N) is 1. The van der Waals surface area contributed by atoms with E-state index >= 15 is 0 Å². The molecule has 0 unspecified atom stereocenters. The second kappa shape index (κ2) is 8.49. The SMILES string of the molecule is COC(=O)Cc1cc(=O)[nH]c(SCc2nc(-c3ccccc3OC)no2)n1. The Morgan fingerprint density at radius 2 is 2.07 bits per heavy atom. The van der Waals surface area contributed by atoms with Gasteiger partial charge in [0.05, 0.1) is 37.7 Å². The molecule has 0 spiro atoms. The third kappa shape index (κ3) is 4.73. The van der Waals surface area contributed by atoms with Gasteiger partial charge in [-0.1, -0.05) is 29.1 Å². The summed E-state index contributed by atoms with van der Waals surface area (Å²) in [5, 5.41) is 4.31. The van der Waals surface area contributed by atoms with E-state index in [0.717, 1.165) is 0 Å². The summed E-state index contributed by atoms with van der Waals surface area (Å²) in [7, 11) is 2.85. The fourth-order valence-corrected chi connectivity index (χ4v) is 2.98. The maximum absolute atomic E-state index is 11.7. The predicted molar refractivity (Wildman–Crippen MR) is 96.4 cm³/mol. The highest BCUT2D eigenvalue weighted by atomic mass is 32.2. The Morgan fingerprint density at radius 1 is 1.26 bits per heavy atom. The van der Waals surface area contributed by atoms with E-state index in [2.05, 4.69) is 24.8 Å². The lowest BCUT2D eigenvalue weighted by Crippen LogP contribution is -2.13. The Kier molecular flexibility index (Phi) is 5.87. The number of ether oxygens (including phenoxy) is 2. The second-order valence-electron chi connectivity index (χ2n) is 5.30. The number of hydrogen-bond acceptors (Lipinski definition) is 9. The minimum absolute atomic E-state index is 0.0769. The van der Waals surface area contributed by atoms with Gasteiger partial charge < -0.3 is 19.0 Å². The first kappa shape index (κ1) is 18.6. The number of para-hydroxylation sites is 1. The second-order valence-corrected chi connectivity index (χ2v) is 6.26. The maximum Gasteiger partial charge on any atom is 0.311 e. The standard InChI is InChI=1S/C17H16N4O5S/c1-24-12-6-4-3-5-11(12)16-20-14(26-21-16)9-27-17-18-10(7-13(22)19-17)8-15(23)25-2/h3-7H,8-9H2,1-2H3,(H,18,19,22). The lowest BCUT2D eigenvalue weighted by atomic mass is 10.2. The number of aromatic amines is 1. The highest BCUT2D eigenvalue weighted by Crippen LogP contribution is 2.28. The number of thioether (sulfide) groups is 1. The van der Waals surface area contributed by atoms with Crippen molar-refractivity contribution in [1.82, 2.24) is 20.1 Å². The van der Waals surface area contributed by atoms with Crippen LogP contribution in [0.5, 0.6) is 5.75 Å². The molecule has 27 heavy (non-hydrogen) atoms. The van der Waals surface area contributed by atoms with Crippen LogP contribution >= 0.6 is 11.8 Å². The van der Waals surface area contributed by atoms with Crippen LogP contribution in [0.15, 0.2) is 44.8 Å². The largest absolute Gasteiger partial charge is 0.496 e. The Labute approximate surface area is 158 Å². The van der Waals surface area contributed by atoms with Crippen molar-refractivity contribution < 1.29 is 18.8 Å². The molecule has 0 saturated heterocycles. The Balaban J connectivity index is 1.72. The van der Waals surface area contributed by atoms with Gasteiger partial charge in [-0.15, -0.1) is 0 Å². The molecule has 1 N–H and O–H groups in total. The molecule has 10 heteroatoms. The van der Waals surface area contributed by atoms with Crippen molar-refractivity contribution in [3.63, 3.8) is 0 Å². The number of benzene rings is 1. The average molecular weight is 388 g/mol. The van der Waals surface area contributed by atoms with E-state index < -0.39 is 5.97 Å². The first-order valence-corrected chi connectivity index (χ1v) is 8.83. The van der Waals surface area contributed by atoms with Gasteiger partial charge in [-0.25, -0.2) is 4.98 Å². The molecule has 1 aromatic carbocycles. The van der Waals surface area contributed by atoms with Crippen molar-refractivity contribution in [2.45, 2.75) is 17.3 Å². The quantitative estimate of drug-likeness (QED) is 0.367. The number of aromatic nitrogens is 4. The molecule has 0 bridgehead atoms. The van der Waals surface area contributed by atoms with Crippen LogP contribution in [-0.2, 0) is 21.7 Å². The highest BCUT2D eigenvalue weighted by molar-refractivity contribution is 7.98. The molecule has 0 amide bonds. The van der Waals surface area contributed by atoms with Crippen molar-refractivity contribution in [2.75, 3.05) is 14.2 Å². The van der Waals surface area contributed by atoms with Gasteiger partial charge in [0.2, 0.25) is 11.7 Å². The van der Waals surface area contributed by atoms with E-state index in [1.54, 1.807) is 7.11 Å². The number of H-pyrrole nitrogens is 1. The van der Waals surface area contributed by atoms with Crippen LogP contribution in [0.25, 0.3) is 11.4 Å². The summed E-state index contributed by atoms with van der Waals surface area (Å²) in [6, 6.07) is 8.59. The van der Waals surface area contributed by atoms with Crippen molar-refractivity contribution in [3.8, 4) is 17.1 Å². The fraction of sp³-hybridized carbons (Fsp3) is 0.235. The molecular formula is C17H16N4O5S.